The molecule has 1 atom stereocenters. The molecule has 1 N–H and O–H groups in total. The molecule has 3 heterocycles. The predicted octanol–water partition coefficient (Wildman–Crippen LogP) is 0.945. The second-order valence-corrected chi connectivity index (χ2v) is 7.48. The number of anilines is 1. The van der Waals surface area contributed by atoms with Crippen molar-refractivity contribution in [1.29, 1.82) is 5.26 Å². The number of pyridine rings is 1. The molecule has 1 aromatic heterocycles. The van der Waals surface area contributed by atoms with Crippen molar-refractivity contribution in [1.82, 2.24) is 20.1 Å². The van der Waals surface area contributed by atoms with Crippen LogP contribution in [0.4, 0.5) is 5.82 Å². The fraction of sp³-hybridized carbons (Fsp3) is 0.650. The number of hydrogen-bond donors (Lipinski definition) is 1. The Hall–Kier alpha value is -2.17. The van der Waals surface area contributed by atoms with E-state index in [1.165, 1.54) is 6.42 Å². The number of piperidine rings is 1. The Bertz CT molecular complexity index is 623. The predicted molar refractivity (Wildman–Crippen MR) is 105 cm³/mol. The molecule has 2 aliphatic rings. The fourth-order valence-corrected chi connectivity index (χ4v) is 4.03. The van der Waals surface area contributed by atoms with Crippen LogP contribution in [0, 0.1) is 17.2 Å². The highest BCUT2D eigenvalue weighted by Gasteiger charge is 2.25. The third kappa shape index (κ3) is 6.19. The van der Waals surface area contributed by atoms with Crippen LogP contribution in [-0.4, -0.2) is 79.6 Å². The first-order valence-corrected chi connectivity index (χ1v) is 9.99. The molecule has 7 heteroatoms. The Morgan fingerprint density at radius 2 is 2.07 bits per heavy atom. The van der Waals surface area contributed by atoms with Crippen molar-refractivity contribution in [2.45, 2.75) is 19.3 Å². The monoisotopic (exact) mass is 370 g/mol. The first-order chi connectivity index (χ1) is 13.2. The first kappa shape index (κ1) is 19.6. The van der Waals surface area contributed by atoms with Crippen LogP contribution in [0.5, 0.6) is 0 Å². The standard InChI is InChI=1S/C20H30N6O/c21-7-4-9-23-20(27)17-25-10-3-5-18(16-25)15-24-11-13-26(14-12-24)19-6-1-2-8-22-19/h1-2,6,8,18H,3-5,9-17H2,(H,23,27)/t18-/m0/s1. The number of nitrogens with one attached hydrogen (secondary N) is 1. The van der Waals surface area contributed by atoms with E-state index in [1.807, 2.05) is 18.3 Å². The lowest BCUT2D eigenvalue weighted by Gasteiger charge is -2.39. The molecule has 3 rings (SSSR count). The maximum atomic E-state index is 12.0. The van der Waals surface area contributed by atoms with Crippen molar-refractivity contribution < 1.29 is 4.79 Å². The molecule has 0 aromatic carbocycles. The van der Waals surface area contributed by atoms with Gasteiger partial charge < -0.3 is 10.2 Å². The maximum Gasteiger partial charge on any atom is 0.234 e. The molecule has 2 fully saturated rings. The summed E-state index contributed by atoms with van der Waals surface area (Å²) in [6.07, 6.45) is 4.63. The highest BCUT2D eigenvalue weighted by atomic mass is 16.2. The average molecular weight is 371 g/mol. The molecule has 0 bridgehead atoms. The molecule has 2 aliphatic heterocycles. The zero-order chi connectivity index (χ0) is 18.9. The van der Waals surface area contributed by atoms with E-state index in [0.29, 0.717) is 25.4 Å². The van der Waals surface area contributed by atoms with E-state index < -0.39 is 0 Å². The molecule has 1 aromatic rings. The van der Waals surface area contributed by atoms with Gasteiger partial charge in [-0.05, 0) is 37.4 Å². The van der Waals surface area contributed by atoms with Gasteiger partial charge in [-0.1, -0.05) is 6.07 Å². The van der Waals surface area contributed by atoms with Crippen LogP contribution in [-0.2, 0) is 4.79 Å². The lowest BCUT2D eigenvalue weighted by atomic mass is 9.97. The number of piperazine rings is 1. The molecule has 0 aliphatic carbocycles. The summed E-state index contributed by atoms with van der Waals surface area (Å²) >= 11 is 0. The van der Waals surface area contributed by atoms with Gasteiger partial charge in [0, 0.05) is 52.0 Å². The van der Waals surface area contributed by atoms with E-state index in [2.05, 4.69) is 37.1 Å². The SMILES string of the molecule is N#CCCNC(=O)CN1CCC[C@@H](CN2CCN(c3ccccn3)CC2)C1. The lowest BCUT2D eigenvalue weighted by Crippen LogP contribution is -2.50. The number of carbonyl (C=O) groups excluding carboxylic acids is 1. The van der Waals surface area contributed by atoms with Gasteiger partial charge in [-0.2, -0.15) is 5.26 Å². The van der Waals surface area contributed by atoms with Crippen LogP contribution < -0.4 is 10.2 Å². The molecule has 7 nitrogen and oxygen atoms in total. The molecule has 0 radical (unpaired) electrons. The molecule has 0 unspecified atom stereocenters. The summed E-state index contributed by atoms with van der Waals surface area (Å²) in [5.41, 5.74) is 0. The van der Waals surface area contributed by atoms with Gasteiger partial charge >= 0.3 is 0 Å². The zero-order valence-corrected chi connectivity index (χ0v) is 16.0. The third-order valence-corrected chi connectivity index (χ3v) is 5.39. The van der Waals surface area contributed by atoms with Gasteiger partial charge in [0.15, 0.2) is 0 Å². The van der Waals surface area contributed by atoms with Gasteiger partial charge in [0.1, 0.15) is 5.82 Å². The van der Waals surface area contributed by atoms with Crippen LogP contribution in [0.25, 0.3) is 0 Å². The number of amides is 1. The lowest BCUT2D eigenvalue weighted by molar-refractivity contribution is -0.122. The van der Waals surface area contributed by atoms with Crippen LogP contribution in [0.2, 0.25) is 0 Å². The average Bonchev–Trinajstić information content (AvgIpc) is 2.70. The van der Waals surface area contributed by atoms with Gasteiger partial charge in [-0.15, -0.1) is 0 Å². The van der Waals surface area contributed by atoms with Gasteiger partial charge in [-0.3, -0.25) is 14.6 Å². The van der Waals surface area contributed by atoms with Crippen LogP contribution in [0.3, 0.4) is 0 Å². The minimum absolute atomic E-state index is 0.0369. The van der Waals surface area contributed by atoms with Crippen molar-refractivity contribution in [2.75, 3.05) is 63.8 Å². The van der Waals surface area contributed by atoms with E-state index in [-0.39, 0.29) is 5.91 Å². The fourth-order valence-electron chi connectivity index (χ4n) is 4.03. The Morgan fingerprint density at radius 3 is 2.81 bits per heavy atom. The second-order valence-electron chi connectivity index (χ2n) is 7.48. The molecule has 1 amide bonds. The number of carbonyl (C=O) groups is 1. The summed E-state index contributed by atoms with van der Waals surface area (Å²) in [6, 6.07) is 8.13. The van der Waals surface area contributed by atoms with Crippen molar-refractivity contribution in [3.05, 3.63) is 24.4 Å². The Balaban J connectivity index is 1.38. The topological polar surface area (TPSA) is 75.5 Å². The van der Waals surface area contributed by atoms with Crippen LogP contribution in [0.1, 0.15) is 19.3 Å². The van der Waals surface area contributed by atoms with Gasteiger partial charge in [0.25, 0.3) is 0 Å². The van der Waals surface area contributed by atoms with E-state index in [1.54, 1.807) is 0 Å². The minimum atomic E-state index is 0.0369. The Kier molecular flexibility index (Phi) is 7.43. The van der Waals surface area contributed by atoms with E-state index in [0.717, 1.165) is 58.1 Å². The summed E-state index contributed by atoms with van der Waals surface area (Å²) in [5.74, 6) is 1.74. The third-order valence-electron chi connectivity index (χ3n) is 5.39. The number of nitriles is 1. The summed E-state index contributed by atoms with van der Waals surface area (Å²) in [7, 11) is 0. The quantitative estimate of drug-likeness (QED) is 0.720. The zero-order valence-electron chi connectivity index (χ0n) is 16.0. The van der Waals surface area contributed by atoms with Gasteiger partial charge in [0.05, 0.1) is 19.0 Å². The number of likely N-dealkylation sites (tertiary alicyclic amines) is 1. The van der Waals surface area contributed by atoms with Crippen molar-refractivity contribution in [2.24, 2.45) is 5.92 Å². The summed E-state index contributed by atoms with van der Waals surface area (Å²) < 4.78 is 0. The molecule has 27 heavy (non-hydrogen) atoms. The largest absolute Gasteiger partial charge is 0.354 e. The van der Waals surface area contributed by atoms with Crippen LogP contribution >= 0.6 is 0 Å². The van der Waals surface area contributed by atoms with Crippen molar-refractivity contribution in [3.63, 3.8) is 0 Å². The number of hydrogen-bond acceptors (Lipinski definition) is 6. The number of nitrogens with zero attached hydrogens (tertiary/aromatic N) is 5. The summed E-state index contributed by atoms with van der Waals surface area (Å²) in [6.45, 7) is 8.19. The van der Waals surface area contributed by atoms with Crippen LogP contribution in [0.15, 0.2) is 24.4 Å². The van der Waals surface area contributed by atoms with Gasteiger partial charge in [0.2, 0.25) is 5.91 Å². The molecule has 0 saturated carbocycles. The molecule has 0 spiro atoms. The number of rotatable bonds is 7. The van der Waals surface area contributed by atoms with E-state index >= 15 is 0 Å². The van der Waals surface area contributed by atoms with Crippen molar-refractivity contribution in [3.8, 4) is 6.07 Å². The van der Waals surface area contributed by atoms with Gasteiger partial charge in [-0.25, -0.2) is 4.98 Å². The normalized spacial score (nSPS) is 21.6. The highest BCUT2D eigenvalue weighted by Crippen LogP contribution is 2.19. The molecular weight excluding hydrogens is 340 g/mol. The molecular formula is C20H30N6O. The molecule has 2 saturated heterocycles. The first-order valence-electron chi connectivity index (χ1n) is 9.99. The summed E-state index contributed by atoms with van der Waals surface area (Å²) in [5, 5.41) is 11.4. The van der Waals surface area contributed by atoms with Crippen molar-refractivity contribution >= 4 is 11.7 Å². The maximum absolute atomic E-state index is 12.0. The highest BCUT2D eigenvalue weighted by molar-refractivity contribution is 5.78. The Morgan fingerprint density at radius 1 is 1.22 bits per heavy atom. The minimum Gasteiger partial charge on any atom is -0.354 e. The van der Waals surface area contributed by atoms with E-state index in [4.69, 9.17) is 5.26 Å². The Labute approximate surface area is 161 Å². The number of aromatic nitrogens is 1. The van der Waals surface area contributed by atoms with E-state index in [9.17, 15) is 4.79 Å². The second kappa shape index (κ2) is 10.2. The summed E-state index contributed by atoms with van der Waals surface area (Å²) in [4.78, 5) is 23.6. The molecule has 146 valence electrons. The smallest absolute Gasteiger partial charge is 0.234 e.